The molecule has 0 aromatic heterocycles. The van der Waals surface area contributed by atoms with E-state index in [0.717, 1.165) is 37.9 Å². The number of hydrogen-bond donors (Lipinski definition) is 1. The highest BCUT2D eigenvalue weighted by atomic mass is 16.7. The molecule has 1 unspecified atom stereocenters. The van der Waals surface area contributed by atoms with Gasteiger partial charge in [0.25, 0.3) is 0 Å². The van der Waals surface area contributed by atoms with Crippen molar-refractivity contribution < 1.29 is 14.6 Å². The van der Waals surface area contributed by atoms with Crippen LogP contribution in [0.1, 0.15) is 60.3 Å². The van der Waals surface area contributed by atoms with Crippen molar-refractivity contribution in [2.24, 2.45) is 5.92 Å². The zero-order valence-electron chi connectivity index (χ0n) is 15.7. The maximum Gasteiger partial charge on any atom is 0.154 e. The number of rotatable bonds is 8. The molecule has 0 fully saturated rings. The van der Waals surface area contributed by atoms with Crippen LogP contribution < -0.4 is 0 Å². The molecule has 1 rings (SSSR count). The van der Waals surface area contributed by atoms with E-state index in [0.29, 0.717) is 12.5 Å². The van der Waals surface area contributed by atoms with E-state index in [9.17, 15) is 5.11 Å². The fraction of sp³-hybridized carbons (Fsp3) is 0.700. The van der Waals surface area contributed by atoms with Gasteiger partial charge >= 0.3 is 0 Å². The number of hydrogen-bond acceptors (Lipinski definition) is 3. The Morgan fingerprint density at radius 2 is 2.09 bits per heavy atom. The molecule has 1 N–H and O–H groups in total. The van der Waals surface area contributed by atoms with Gasteiger partial charge in [0.15, 0.2) is 6.29 Å². The number of aliphatic hydroxyl groups excluding tert-OH is 1. The molecule has 0 aromatic carbocycles. The number of allylic oxidation sites excluding steroid dienone is 3. The SMILES string of the molecule is C=C(C)[C@@H]1CC=C(C)[C@@H](O)C1.CC/C=C/CCOC(C)OCC. The normalized spacial score (nSPS) is 22.3. The van der Waals surface area contributed by atoms with Gasteiger partial charge < -0.3 is 14.6 Å². The monoisotopic (exact) mass is 324 g/mol. The molecule has 0 bridgehead atoms. The summed E-state index contributed by atoms with van der Waals surface area (Å²) in [5, 5.41) is 9.49. The summed E-state index contributed by atoms with van der Waals surface area (Å²) >= 11 is 0. The summed E-state index contributed by atoms with van der Waals surface area (Å²) < 4.78 is 10.6. The molecular formula is C20H36O3. The van der Waals surface area contributed by atoms with E-state index in [1.165, 1.54) is 5.57 Å². The lowest BCUT2D eigenvalue weighted by Gasteiger charge is -2.24. The van der Waals surface area contributed by atoms with Crippen LogP contribution in [-0.2, 0) is 9.47 Å². The molecule has 0 aliphatic heterocycles. The van der Waals surface area contributed by atoms with Crippen LogP contribution in [0.3, 0.4) is 0 Å². The maximum atomic E-state index is 9.49. The van der Waals surface area contributed by atoms with E-state index in [4.69, 9.17) is 9.47 Å². The Hall–Kier alpha value is -0.900. The van der Waals surface area contributed by atoms with Gasteiger partial charge in [0.05, 0.1) is 12.7 Å². The lowest BCUT2D eigenvalue weighted by atomic mass is 9.84. The summed E-state index contributed by atoms with van der Waals surface area (Å²) in [7, 11) is 0. The van der Waals surface area contributed by atoms with Crippen molar-refractivity contribution >= 4 is 0 Å². The van der Waals surface area contributed by atoms with Gasteiger partial charge in [-0.3, -0.25) is 0 Å². The van der Waals surface area contributed by atoms with Crippen molar-refractivity contribution in [1.82, 2.24) is 0 Å². The van der Waals surface area contributed by atoms with Crippen LogP contribution in [0.25, 0.3) is 0 Å². The zero-order valence-corrected chi connectivity index (χ0v) is 15.7. The summed E-state index contributed by atoms with van der Waals surface area (Å²) in [5.41, 5.74) is 2.30. The summed E-state index contributed by atoms with van der Waals surface area (Å²) in [4.78, 5) is 0. The molecule has 1 aliphatic rings. The fourth-order valence-electron chi connectivity index (χ4n) is 2.29. The predicted molar refractivity (Wildman–Crippen MR) is 98.4 cm³/mol. The molecule has 3 nitrogen and oxygen atoms in total. The minimum atomic E-state index is -0.231. The molecular weight excluding hydrogens is 288 g/mol. The zero-order chi connectivity index (χ0) is 17.7. The van der Waals surface area contributed by atoms with E-state index < -0.39 is 0 Å². The molecule has 0 saturated carbocycles. The molecule has 0 amide bonds. The summed E-state index contributed by atoms with van der Waals surface area (Å²) in [6.45, 7) is 15.4. The van der Waals surface area contributed by atoms with Crippen molar-refractivity contribution in [1.29, 1.82) is 0 Å². The van der Waals surface area contributed by atoms with Gasteiger partial charge in [0.1, 0.15) is 0 Å². The quantitative estimate of drug-likeness (QED) is 0.387. The second-order valence-corrected chi connectivity index (χ2v) is 6.04. The predicted octanol–water partition coefficient (Wildman–Crippen LogP) is 5.02. The highest BCUT2D eigenvalue weighted by Gasteiger charge is 2.19. The summed E-state index contributed by atoms with van der Waals surface area (Å²) in [6.07, 6.45) is 10.1. The first kappa shape index (κ1) is 22.1. The molecule has 3 atom stereocenters. The van der Waals surface area contributed by atoms with Gasteiger partial charge in [-0.15, -0.1) is 0 Å². The van der Waals surface area contributed by atoms with Crippen LogP contribution in [0.5, 0.6) is 0 Å². The van der Waals surface area contributed by atoms with Crippen LogP contribution in [0.4, 0.5) is 0 Å². The van der Waals surface area contributed by atoms with Gasteiger partial charge in [0.2, 0.25) is 0 Å². The first-order chi connectivity index (χ1) is 10.9. The van der Waals surface area contributed by atoms with E-state index in [1.807, 2.05) is 27.7 Å². The van der Waals surface area contributed by atoms with E-state index in [-0.39, 0.29) is 12.4 Å². The third kappa shape index (κ3) is 11.3. The Kier molecular flexibility index (Phi) is 13.0. The highest BCUT2D eigenvalue weighted by molar-refractivity contribution is 5.14. The lowest BCUT2D eigenvalue weighted by molar-refractivity contribution is -0.125. The van der Waals surface area contributed by atoms with Gasteiger partial charge in [-0.1, -0.05) is 37.3 Å². The van der Waals surface area contributed by atoms with Gasteiger partial charge in [-0.25, -0.2) is 0 Å². The van der Waals surface area contributed by atoms with Gasteiger partial charge in [-0.2, -0.15) is 0 Å². The molecule has 23 heavy (non-hydrogen) atoms. The fourth-order valence-corrected chi connectivity index (χ4v) is 2.29. The average molecular weight is 325 g/mol. The first-order valence-electron chi connectivity index (χ1n) is 8.80. The van der Waals surface area contributed by atoms with Crippen molar-refractivity contribution in [2.75, 3.05) is 13.2 Å². The van der Waals surface area contributed by atoms with E-state index in [2.05, 4.69) is 31.7 Å². The third-order valence-corrected chi connectivity index (χ3v) is 3.90. The Morgan fingerprint density at radius 3 is 2.61 bits per heavy atom. The van der Waals surface area contributed by atoms with Crippen molar-refractivity contribution in [3.8, 4) is 0 Å². The Morgan fingerprint density at radius 1 is 1.39 bits per heavy atom. The Bertz CT molecular complexity index is 371. The van der Waals surface area contributed by atoms with Crippen LogP contribution in [0.15, 0.2) is 36.0 Å². The topological polar surface area (TPSA) is 38.7 Å². The first-order valence-corrected chi connectivity index (χ1v) is 8.80. The second kappa shape index (κ2) is 13.5. The number of ether oxygens (including phenoxy) is 2. The molecule has 134 valence electrons. The second-order valence-electron chi connectivity index (χ2n) is 6.04. The third-order valence-electron chi connectivity index (χ3n) is 3.90. The van der Waals surface area contributed by atoms with E-state index >= 15 is 0 Å². The maximum absolute atomic E-state index is 9.49. The smallest absolute Gasteiger partial charge is 0.154 e. The number of aliphatic hydroxyl groups is 1. The van der Waals surface area contributed by atoms with Crippen molar-refractivity contribution in [3.63, 3.8) is 0 Å². The molecule has 0 heterocycles. The lowest BCUT2D eigenvalue weighted by Crippen LogP contribution is -2.19. The van der Waals surface area contributed by atoms with Crippen LogP contribution in [0.2, 0.25) is 0 Å². The van der Waals surface area contributed by atoms with E-state index in [1.54, 1.807) is 0 Å². The van der Waals surface area contributed by atoms with Crippen LogP contribution in [-0.4, -0.2) is 30.7 Å². The Balaban J connectivity index is 0.000000422. The van der Waals surface area contributed by atoms with Crippen molar-refractivity contribution in [2.45, 2.75) is 72.7 Å². The Labute approximate surface area is 143 Å². The van der Waals surface area contributed by atoms with Gasteiger partial charge in [0, 0.05) is 6.61 Å². The largest absolute Gasteiger partial charge is 0.389 e. The molecule has 3 heteroatoms. The molecule has 0 spiro atoms. The average Bonchev–Trinajstić information content (AvgIpc) is 2.50. The molecule has 0 aromatic rings. The van der Waals surface area contributed by atoms with Crippen LogP contribution >= 0.6 is 0 Å². The highest BCUT2D eigenvalue weighted by Crippen LogP contribution is 2.27. The van der Waals surface area contributed by atoms with Gasteiger partial charge in [-0.05, 0) is 64.9 Å². The standard InChI is InChI=1S/C10H20O2.C10H16O/c1-4-6-7-8-9-12-10(3)11-5-2;1-7(2)9-5-4-8(3)10(11)6-9/h6-7,10H,4-5,8-9H2,1-3H3;4,9-11H,1,5-6H2,2-3H3/b7-6+;/t;9-,10+/m.1/s1. The minimum Gasteiger partial charge on any atom is -0.389 e. The van der Waals surface area contributed by atoms with Crippen LogP contribution in [0, 0.1) is 5.92 Å². The summed E-state index contributed by atoms with van der Waals surface area (Å²) in [5.74, 6) is 0.494. The minimum absolute atomic E-state index is 0.0648. The molecule has 0 saturated heterocycles. The molecule has 1 aliphatic carbocycles. The molecule has 0 radical (unpaired) electrons. The summed E-state index contributed by atoms with van der Waals surface area (Å²) in [6, 6.07) is 0. The van der Waals surface area contributed by atoms with Crippen molar-refractivity contribution in [3.05, 3.63) is 36.0 Å².